The van der Waals surface area contributed by atoms with Crippen molar-refractivity contribution >= 4 is 23.1 Å². The van der Waals surface area contributed by atoms with E-state index in [4.69, 9.17) is 16.2 Å². The summed E-state index contributed by atoms with van der Waals surface area (Å²) in [5, 5.41) is 3.37. The van der Waals surface area contributed by atoms with Gasteiger partial charge in [-0.15, -0.1) is 0 Å². The van der Waals surface area contributed by atoms with Crippen molar-refractivity contribution in [3.05, 3.63) is 65.9 Å². The van der Waals surface area contributed by atoms with Gasteiger partial charge in [-0.2, -0.15) is 4.98 Å². The molecule has 0 bridgehead atoms. The maximum Gasteiger partial charge on any atom is 0.221 e. The van der Waals surface area contributed by atoms with Crippen LogP contribution in [-0.2, 0) is 6.42 Å². The number of nitrogen functional groups attached to an aromatic ring is 2. The summed E-state index contributed by atoms with van der Waals surface area (Å²) in [6.07, 6.45) is 2.27. The van der Waals surface area contributed by atoms with E-state index in [1.807, 2.05) is 48.5 Å². The lowest BCUT2D eigenvalue weighted by atomic mass is 10.1. The number of methoxy groups -OCH3 is 1. The third-order valence-corrected chi connectivity index (χ3v) is 3.63. The zero-order chi connectivity index (χ0) is 16.9. The standard InChI is InChI=1S/C18H19N5O/c1-24-16-8-7-12(9-13-11-21-18(20)23-17(13)19)10-15(16)22-14-5-3-2-4-6-14/h2-8,10-11,22H,9H2,1H3,(H4,19,20,21,23). The second kappa shape index (κ2) is 6.87. The molecule has 1 aromatic heterocycles. The summed E-state index contributed by atoms with van der Waals surface area (Å²) in [5.41, 5.74) is 15.2. The van der Waals surface area contributed by atoms with Gasteiger partial charge in [0.1, 0.15) is 11.6 Å². The number of nitrogens with zero attached hydrogens (tertiary/aromatic N) is 2. The highest BCUT2D eigenvalue weighted by Crippen LogP contribution is 2.29. The molecule has 1 heterocycles. The predicted molar refractivity (Wildman–Crippen MR) is 96.4 cm³/mol. The Morgan fingerprint density at radius 1 is 1.08 bits per heavy atom. The summed E-state index contributed by atoms with van der Waals surface area (Å²) >= 11 is 0. The van der Waals surface area contributed by atoms with Crippen LogP contribution in [0.5, 0.6) is 5.75 Å². The number of rotatable bonds is 5. The van der Waals surface area contributed by atoms with Crippen molar-refractivity contribution in [1.82, 2.24) is 9.97 Å². The van der Waals surface area contributed by atoms with E-state index in [-0.39, 0.29) is 5.95 Å². The van der Waals surface area contributed by atoms with Crippen molar-refractivity contribution in [3.63, 3.8) is 0 Å². The second-order valence-corrected chi connectivity index (χ2v) is 5.34. The maximum absolute atomic E-state index is 5.92. The van der Waals surface area contributed by atoms with Gasteiger partial charge in [-0.25, -0.2) is 4.98 Å². The van der Waals surface area contributed by atoms with Crippen molar-refractivity contribution in [2.45, 2.75) is 6.42 Å². The Balaban J connectivity index is 1.88. The molecule has 24 heavy (non-hydrogen) atoms. The number of hydrogen-bond donors (Lipinski definition) is 3. The molecule has 3 rings (SSSR count). The topological polar surface area (TPSA) is 99.1 Å². The molecule has 0 amide bonds. The van der Waals surface area contributed by atoms with Gasteiger partial charge in [0.05, 0.1) is 12.8 Å². The van der Waals surface area contributed by atoms with E-state index in [1.54, 1.807) is 13.3 Å². The normalized spacial score (nSPS) is 10.4. The maximum atomic E-state index is 5.92. The summed E-state index contributed by atoms with van der Waals surface area (Å²) in [5.74, 6) is 1.34. The number of ether oxygens (including phenoxy) is 1. The first-order chi connectivity index (χ1) is 11.7. The number of nitrogens with two attached hydrogens (primary N) is 2. The zero-order valence-corrected chi connectivity index (χ0v) is 13.4. The molecule has 122 valence electrons. The van der Waals surface area contributed by atoms with Crippen LogP contribution in [0.4, 0.5) is 23.1 Å². The zero-order valence-electron chi connectivity index (χ0n) is 13.4. The van der Waals surface area contributed by atoms with Crippen molar-refractivity contribution in [1.29, 1.82) is 0 Å². The van der Waals surface area contributed by atoms with Crippen molar-refractivity contribution in [3.8, 4) is 5.75 Å². The minimum atomic E-state index is 0.178. The molecule has 5 N–H and O–H groups in total. The Bertz CT molecular complexity index is 836. The molecule has 6 heteroatoms. The van der Waals surface area contributed by atoms with Crippen molar-refractivity contribution < 1.29 is 4.74 Å². The van der Waals surface area contributed by atoms with E-state index in [2.05, 4.69) is 15.3 Å². The van der Waals surface area contributed by atoms with Crippen molar-refractivity contribution in [2.24, 2.45) is 0 Å². The molecule has 2 aromatic carbocycles. The summed E-state index contributed by atoms with van der Waals surface area (Å²) in [7, 11) is 1.65. The number of nitrogens with one attached hydrogen (secondary N) is 1. The minimum Gasteiger partial charge on any atom is -0.495 e. The molecule has 6 nitrogen and oxygen atoms in total. The van der Waals surface area contributed by atoms with Crippen LogP contribution < -0.4 is 21.5 Å². The van der Waals surface area contributed by atoms with E-state index < -0.39 is 0 Å². The van der Waals surface area contributed by atoms with Gasteiger partial charge in [-0.1, -0.05) is 24.3 Å². The molecule has 0 saturated heterocycles. The lowest BCUT2D eigenvalue weighted by molar-refractivity contribution is 0.416. The lowest BCUT2D eigenvalue weighted by Crippen LogP contribution is -2.04. The van der Waals surface area contributed by atoms with Gasteiger partial charge >= 0.3 is 0 Å². The van der Waals surface area contributed by atoms with Crippen LogP contribution >= 0.6 is 0 Å². The summed E-state index contributed by atoms with van der Waals surface area (Å²) in [6.45, 7) is 0. The van der Waals surface area contributed by atoms with Gasteiger partial charge in [0, 0.05) is 23.9 Å². The number of hydrogen-bond acceptors (Lipinski definition) is 6. The number of anilines is 4. The van der Waals surface area contributed by atoms with E-state index in [0.717, 1.165) is 28.3 Å². The first-order valence-corrected chi connectivity index (χ1v) is 7.51. The fraction of sp³-hybridized carbons (Fsp3) is 0.111. The SMILES string of the molecule is COc1ccc(Cc2cnc(N)nc2N)cc1Nc1ccccc1. The van der Waals surface area contributed by atoms with Gasteiger partial charge in [-0.3, -0.25) is 0 Å². The summed E-state index contributed by atoms with van der Waals surface area (Å²) in [6, 6.07) is 15.9. The van der Waals surface area contributed by atoms with Gasteiger partial charge in [-0.05, 0) is 29.8 Å². The molecule has 0 atom stereocenters. The molecule has 0 aliphatic rings. The molecule has 0 fully saturated rings. The highest BCUT2D eigenvalue weighted by molar-refractivity contribution is 5.67. The van der Waals surface area contributed by atoms with Gasteiger partial charge < -0.3 is 21.5 Å². The minimum absolute atomic E-state index is 0.178. The van der Waals surface area contributed by atoms with Gasteiger partial charge in [0.2, 0.25) is 5.95 Å². The van der Waals surface area contributed by atoms with Crippen molar-refractivity contribution in [2.75, 3.05) is 23.9 Å². The first-order valence-electron chi connectivity index (χ1n) is 7.51. The van der Waals surface area contributed by atoms with E-state index in [0.29, 0.717) is 12.2 Å². The van der Waals surface area contributed by atoms with Crippen LogP contribution in [-0.4, -0.2) is 17.1 Å². The molecular formula is C18H19N5O. The summed E-state index contributed by atoms with van der Waals surface area (Å²) in [4.78, 5) is 8.00. The molecular weight excluding hydrogens is 302 g/mol. The van der Waals surface area contributed by atoms with Gasteiger partial charge in [0.15, 0.2) is 0 Å². The van der Waals surface area contributed by atoms with Crippen LogP contribution in [0, 0.1) is 0 Å². The molecule has 0 spiro atoms. The highest BCUT2D eigenvalue weighted by Gasteiger charge is 2.08. The molecule has 0 radical (unpaired) electrons. The first kappa shape index (κ1) is 15.6. The van der Waals surface area contributed by atoms with E-state index in [1.165, 1.54) is 0 Å². The van der Waals surface area contributed by atoms with E-state index in [9.17, 15) is 0 Å². The van der Waals surface area contributed by atoms with Crippen LogP contribution in [0.2, 0.25) is 0 Å². The fourth-order valence-electron chi connectivity index (χ4n) is 2.43. The monoisotopic (exact) mass is 321 g/mol. The number of benzene rings is 2. The third kappa shape index (κ3) is 3.55. The Morgan fingerprint density at radius 3 is 2.58 bits per heavy atom. The summed E-state index contributed by atoms with van der Waals surface area (Å²) < 4.78 is 5.43. The average molecular weight is 321 g/mol. The van der Waals surface area contributed by atoms with Crippen LogP contribution in [0.25, 0.3) is 0 Å². The third-order valence-electron chi connectivity index (χ3n) is 3.63. The lowest BCUT2D eigenvalue weighted by Gasteiger charge is -2.13. The highest BCUT2D eigenvalue weighted by atomic mass is 16.5. The Hall–Kier alpha value is -3.28. The van der Waals surface area contributed by atoms with E-state index >= 15 is 0 Å². The predicted octanol–water partition coefficient (Wildman–Crippen LogP) is 2.98. The number of aromatic nitrogens is 2. The van der Waals surface area contributed by atoms with Crippen LogP contribution in [0.3, 0.4) is 0 Å². The fourth-order valence-corrected chi connectivity index (χ4v) is 2.43. The molecule has 0 saturated carbocycles. The quantitative estimate of drug-likeness (QED) is 0.668. The Morgan fingerprint density at radius 2 is 1.88 bits per heavy atom. The van der Waals surface area contributed by atoms with Crippen LogP contribution in [0.15, 0.2) is 54.7 Å². The average Bonchev–Trinajstić information content (AvgIpc) is 2.59. The smallest absolute Gasteiger partial charge is 0.221 e. The number of para-hydroxylation sites is 1. The largest absolute Gasteiger partial charge is 0.495 e. The molecule has 0 unspecified atom stereocenters. The Labute approximate surface area is 140 Å². The molecule has 3 aromatic rings. The van der Waals surface area contributed by atoms with Crippen LogP contribution in [0.1, 0.15) is 11.1 Å². The second-order valence-electron chi connectivity index (χ2n) is 5.34. The molecule has 0 aliphatic heterocycles. The Kier molecular flexibility index (Phi) is 4.47. The van der Waals surface area contributed by atoms with Gasteiger partial charge in [0.25, 0.3) is 0 Å². The molecule has 0 aliphatic carbocycles.